The highest BCUT2D eigenvalue weighted by Crippen LogP contribution is 2.29. The second kappa shape index (κ2) is 8.56. The molecule has 0 saturated carbocycles. The number of fused-ring (bicyclic) bond motifs is 1. The molecule has 3 aromatic rings. The molecule has 1 aromatic heterocycles. The third-order valence-electron chi connectivity index (χ3n) is 5.54. The molecule has 154 valence electrons. The van der Waals surface area contributed by atoms with Gasteiger partial charge in [0.1, 0.15) is 5.82 Å². The molecule has 7 heteroatoms. The van der Waals surface area contributed by atoms with Gasteiger partial charge in [-0.25, -0.2) is 4.98 Å². The number of nitrogen functional groups attached to an aromatic ring is 1. The number of nitriles is 1. The molecular weight excluding hydrogens is 374 g/mol. The second-order valence-corrected chi connectivity index (χ2v) is 7.88. The van der Waals surface area contributed by atoms with Gasteiger partial charge in [0.15, 0.2) is 0 Å². The van der Waals surface area contributed by atoms with Crippen LogP contribution >= 0.6 is 0 Å². The summed E-state index contributed by atoms with van der Waals surface area (Å²) in [4.78, 5) is 11.9. The first-order valence-corrected chi connectivity index (χ1v) is 10.4. The lowest BCUT2D eigenvalue weighted by atomic mass is 10.2. The minimum absolute atomic E-state index is 0.456. The second-order valence-electron chi connectivity index (χ2n) is 7.88. The predicted octanol–water partition coefficient (Wildman–Crippen LogP) is 3.79. The molecule has 0 bridgehead atoms. The Morgan fingerprint density at radius 2 is 2.10 bits per heavy atom. The predicted molar refractivity (Wildman–Crippen MR) is 122 cm³/mol. The first kappa shape index (κ1) is 19.9. The lowest BCUT2D eigenvalue weighted by molar-refractivity contribution is 0.459. The van der Waals surface area contributed by atoms with Crippen molar-refractivity contribution in [2.75, 3.05) is 29.0 Å². The quantitative estimate of drug-likeness (QED) is 0.540. The van der Waals surface area contributed by atoms with Crippen LogP contribution in [0, 0.1) is 11.3 Å². The van der Waals surface area contributed by atoms with E-state index in [4.69, 9.17) is 10.7 Å². The van der Waals surface area contributed by atoms with Gasteiger partial charge in [0.05, 0.1) is 17.1 Å². The molecule has 2 aromatic carbocycles. The first-order chi connectivity index (χ1) is 14.6. The van der Waals surface area contributed by atoms with Crippen LogP contribution in [0.1, 0.15) is 32.3 Å². The third kappa shape index (κ3) is 4.29. The highest BCUT2D eigenvalue weighted by Gasteiger charge is 2.26. The number of benzene rings is 2. The number of nitrogens with one attached hydrogen (secondary N) is 2. The summed E-state index contributed by atoms with van der Waals surface area (Å²) >= 11 is 0. The number of nitrogens with zero attached hydrogens (tertiary/aromatic N) is 4. The van der Waals surface area contributed by atoms with Crippen LogP contribution in [0.3, 0.4) is 0 Å². The smallest absolute Gasteiger partial charge is 0.229 e. The van der Waals surface area contributed by atoms with Gasteiger partial charge in [-0.05, 0) is 50.1 Å². The number of anilines is 4. The van der Waals surface area contributed by atoms with E-state index >= 15 is 0 Å². The van der Waals surface area contributed by atoms with E-state index in [0.717, 1.165) is 42.7 Å². The van der Waals surface area contributed by atoms with E-state index in [1.165, 1.54) is 0 Å². The van der Waals surface area contributed by atoms with Gasteiger partial charge < -0.3 is 21.3 Å². The van der Waals surface area contributed by atoms with E-state index in [2.05, 4.69) is 46.5 Å². The maximum absolute atomic E-state index is 9.21. The maximum atomic E-state index is 9.21. The maximum Gasteiger partial charge on any atom is 0.229 e. The van der Waals surface area contributed by atoms with Gasteiger partial charge in [-0.1, -0.05) is 19.1 Å². The molecule has 1 aliphatic heterocycles. The van der Waals surface area contributed by atoms with Crippen LogP contribution in [0.4, 0.5) is 23.1 Å². The lowest BCUT2D eigenvalue weighted by Gasteiger charge is -2.22. The number of hydrogen-bond acceptors (Lipinski definition) is 7. The summed E-state index contributed by atoms with van der Waals surface area (Å²) in [6, 6.07) is 16.3. The minimum Gasteiger partial charge on any atom is -0.399 e. The highest BCUT2D eigenvalue weighted by atomic mass is 15.3. The molecule has 1 saturated heterocycles. The molecule has 1 aliphatic rings. The number of aromatic nitrogens is 2. The minimum atomic E-state index is 0.456. The van der Waals surface area contributed by atoms with Crippen LogP contribution in [0.25, 0.3) is 10.9 Å². The summed E-state index contributed by atoms with van der Waals surface area (Å²) in [7, 11) is 0. The van der Waals surface area contributed by atoms with E-state index in [0.29, 0.717) is 35.0 Å². The molecular formula is C23H27N7. The summed E-state index contributed by atoms with van der Waals surface area (Å²) < 4.78 is 0. The molecule has 7 nitrogen and oxygen atoms in total. The van der Waals surface area contributed by atoms with Crippen molar-refractivity contribution >= 4 is 34.0 Å². The molecule has 1 fully saturated rings. The SMILES string of the molecule is CCC(C)NC1CCN(c2nc(Nc3cc(N)cc(C#N)c3)nc3ccccc23)C1. The monoisotopic (exact) mass is 401 g/mol. The molecule has 0 amide bonds. The normalized spacial score (nSPS) is 17.1. The Balaban J connectivity index is 1.65. The summed E-state index contributed by atoms with van der Waals surface area (Å²) in [6.45, 7) is 6.30. The molecule has 2 unspecified atom stereocenters. The Morgan fingerprint density at radius 3 is 2.90 bits per heavy atom. The molecule has 0 aliphatic carbocycles. The number of para-hydroxylation sites is 1. The molecule has 2 heterocycles. The van der Waals surface area contributed by atoms with Crippen molar-refractivity contribution in [2.45, 2.75) is 38.8 Å². The Hall–Kier alpha value is -3.37. The van der Waals surface area contributed by atoms with Gasteiger partial charge in [-0.3, -0.25) is 0 Å². The van der Waals surface area contributed by atoms with Crippen molar-refractivity contribution in [1.82, 2.24) is 15.3 Å². The number of hydrogen-bond donors (Lipinski definition) is 3. The van der Waals surface area contributed by atoms with Gasteiger partial charge in [-0.2, -0.15) is 10.2 Å². The average Bonchev–Trinajstić information content (AvgIpc) is 3.20. The van der Waals surface area contributed by atoms with Gasteiger partial charge in [0.2, 0.25) is 5.95 Å². The van der Waals surface area contributed by atoms with Crippen molar-refractivity contribution in [3.63, 3.8) is 0 Å². The summed E-state index contributed by atoms with van der Waals surface area (Å²) in [5.41, 5.74) is 8.53. The molecule has 2 atom stereocenters. The molecule has 4 N–H and O–H groups in total. The fourth-order valence-electron chi connectivity index (χ4n) is 3.88. The van der Waals surface area contributed by atoms with E-state index in [1.54, 1.807) is 18.2 Å². The zero-order chi connectivity index (χ0) is 21.1. The van der Waals surface area contributed by atoms with Crippen LogP contribution in [0.15, 0.2) is 42.5 Å². The number of nitrogens with two attached hydrogens (primary N) is 1. The van der Waals surface area contributed by atoms with E-state index < -0.39 is 0 Å². The molecule has 0 radical (unpaired) electrons. The highest BCUT2D eigenvalue weighted by molar-refractivity contribution is 5.91. The zero-order valence-electron chi connectivity index (χ0n) is 17.4. The number of rotatable bonds is 6. The van der Waals surface area contributed by atoms with Crippen molar-refractivity contribution in [1.29, 1.82) is 5.26 Å². The topological polar surface area (TPSA) is 103 Å². The van der Waals surface area contributed by atoms with Gasteiger partial charge in [-0.15, -0.1) is 0 Å². The van der Waals surface area contributed by atoms with Crippen LogP contribution in [-0.2, 0) is 0 Å². The van der Waals surface area contributed by atoms with Crippen molar-refractivity contribution in [3.05, 3.63) is 48.0 Å². The largest absolute Gasteiger partial charge is 0.399 e. The Morgan fingerprint density at radius 1 is 1.27 bits per heavy atom. The Kier molecular flexibility index (Phi) is 5.68. The van der Waals surface area contributed by atoms with Crippen molar-refractivity contribution in [3.8, 4) is 6.07 Å². The summed E-state index contributed by atoms with van der Waals surface area (Å²) in [5, 5.41) is 17.2. The summed E-state index contributed by atoms with van der Waals surface area (Å²) in [5.74, 6) is 1.43. The van der Waals surface area contributed by atoms with E-state index in [9.17, 15) is 5.26 Å². The molecule has 30 heavy (non-hydrogen) atoms. The van der Waals surface area contributed by atoms with Crippen molar-refractivity contribution in [2.24, 2.45) is 0 Å². The average molecular weight is 402 g/mol. The van der Waals surface area contributed by atoms with Crippen LogP contribution in [0.5, 0.6) is 0 Å². The first-order valence-electron chi connectivity index (χ1n) is 10.4. The fourth-order valence-corrected chi connectivity index (χ4v) is 3.88. The van der Waals surface area contributed by atoms with Crippen molar-refractivity contribution < 1.29 is 0 Å². The molecule has 0 spiro atoms. The standard InChI is InChI=1S/C23H27N7/c1-3-15(2)26-18-8-9-30(14-18)22-20-6-4-5-7-21(20)28-23(29-22)27-19-11-16(13-24)10-17(25)12-19/h4-7,10-12,15,18,26H,3,8-9,14,25H2,1-2H3,(H,27,28,29). The van der Waals surface area contributed by atoms with E-state index in [1.807, 2.05) is 18.2 Å². The Labute approximate surface area is 176 Å². The fraction of sp³-hybridized carbons (Fsp3) is 0.348. The lowest BCUT2D eigenvalue weighted by Crippen LogP contribution is -2.38. The van der Waals surface area contributed by atoms with Gasteiger partial charge in [0.25, 0.3) is 0 Å². The Bertz CT molecular complexity index is 1090. The molecule has 4 rings (SSSR count). The van der Waals surface area contributed by atoms with Gasteiger partial charge >= 0.3 is 0 Å². The third-order valence-corrected chi connectivity index (χ3v) is 5.54. The summed E-state index contributed by atoms with van der Waals surface area (Å²) in [6.07, 6.45) is 2.21. The van der Waals surface area contributed by atoms with E-state index in [-0.39, 0.29) is 0 Å². The van der Waals surface area contributed by atoms with Crippen LogP contribution in [0.2, 0.25) is 0 Å². The van der Waals surface area contributed by atoms with Crippen LogP contribution in [-0.4, -0.2) is 35.1 Å². The van der Waals surface area contributed by atoms with Gasteiger partial charge in [0, 0.05) is 41.9 Å². The van der Waals surface area contributed by atoms with Crippen LogP contribution < -0.4 is 21.3 Å². The zero-order valence-corrected chi connectivity index (χ0v) is 17.4.